The van der Waals surface area contributed by atoms with E-state index in [1.807, 2.05) is 13.8 Å². The topological polar surface area (TPSA) is 102 Å². The molecule has 12 aliphatic rings. The van der Waals surface area contributed by atoms with Crippen LogP contribution < -0.4 is 0 Å². The molecule has 2 saturated carbocycles. The van der Waals surface area contributed by atoms with E-state index in [4.69, 9.17) is 52.7 Å². The van der Waals surface area contributed by atoms with Gasteiger partial charge in [0, 0.05) is 50.4 Å². The van der Waals surface area contributed by atoms with Crippen LogP contribution in [0.25, 0.3) is 0 Å². The standard InChI is InChI=1S/C39H60O11/c1-22-7-9-28-24(3)30(42-32-38(28)26(22)11-13-34(5,44-32)47-49-38)19-36(21-41-37(46-36)15-17-40-18-16-37)20-31-25(4)29-10-8-23(2)27-12-14-35(6)45-33(43-31)39(27,29)50-48-35/h22-33H,7-21H2,1-6H3/t22-,23-,24-,25-,26+,27+,28+,29+,30-,31-,32-,33-,34-,35-,38-,39-/m1/s1. The van der Waals surface area contributed by atoms with Gasteiger partial charge in [0.25, 0.3) is 0 Å². The van der Waals surface area contributed by atoms with Gasteiger partial charge >= 0.3 is 0 Å². The molecule has 0 aromatic carbocycles. The Kier molecular flexibility index (Phi) is 7.87. The smallest absolute Gasteiger partial charge is 0.201 e. The molecule has 2 aliphatic carbocycles. The zero-order valence-electron chi connectivity index (χ0n) is 31.0. The lowest BCUT2D eigenvalue weighted by atomic mass is 9.56. The molecule has 0 unspecified atom stereocenters. The van der Waals surface area contributed by atoms with E-state index in [2.05, 4.69) is 27.7 Å². The number of rotatable bonds is 4. The molecule has 0 aromatic rings. The molecule has 10 heterocycles. The Bertz CT molecular complexity index is 1240. The Morgan fingerprint density at radius 3 is 1.56 bits per heavy atom. The van der Waals surface area contributed by atoms with Crippen LogP contribution in [0.1, 0.15) is 119 Å². The molecule has 11 nitrogen and oxygen atoms in total. The fourth-order valence-corrected chi connectivity index (χ4v) is 13.1. The molecule has 12 fully saturated rings. The second-order valence-electron chi connectivity index (χ2n) is 18.9. The lowest BCUT2D eigenvalue weighted by Crippen LogP contribution is -2.71. The van der Waals surface area contributed by atoms with E-state index in [9.17, 15) is 0 Å². The van der Waals surface area contributed by atoms with Crippen LogP contribution in [0.2, 0.25) is 0 Å². The molecule has 12 rings (SSSR count). The van der Waals surface area contributed by atoms with Gasteiger partial charge in [-0.15, -0.1) is 0 Å². The third-order valence-corrected chi connectivity index (χ3v) is 16.0. The van der Waals surface area contributed by atoms with Crippen LogP contribution >= 0.6 is 0 Å². The van der Waals surface area contributed by atoms with Crippen LogP contribution in [0.5, 0.6) is 0 Å². The average Bonchev–Trinajstić information content (AvgIpc) is 3.22. The van der Waals surface area contributed by atoms with Crippen LogP contribution in [0, 0.1) is 47.3 Å². The van der Waals surface area contributed by atoms with Gasteiger partial charge in [-0.2, -0.15) is 0 Å². The maximum absolute atomic E-state index is 7.35. The zero-order valence-corrected chi connectivity index (χ0v) is 31.0. The SMILES string of the molecule is C[C@H]1[C@@H](CC2(C[C@H]3O[C@@H]4O[C@@]5(C)CC[C@H]6[C@H](C)CC[C@@H]([C@H]3C)[C@@]46OO5)COC3(CCOCC3)O2)O[C@@H]2O[C@@]3(C)CC[C@H]4[C@H](C)CC[C@@H]1[C@@]24OO3. The number of hydrogen-bond donors (Lipinski definition) is 0. The molecule has 0 amide bonds. The summed E-state index contributed by atoms with van der Waals surface area (Å²) < 4.78 is 47.8. The van der Waals surface area contributed by atoms with Crippen molar-refractivity contribution in [3.05, 3.63) is 0 Å². The first-order valence-electron chi connectivity index (χ1n) is 20.2. The van der Waals surface area contributed by atoms with Crippen molar-refractivity contribution in [2.45, 2.75) is 178 Å². The van der Waals surface area contributed by atoms with Crippen LogP contribution in [0.3, 0.4) is 0 Å². The molecular formula is C39H60O11. The molecule has 3 spiro atoms. The Hall–Kier alpha value is -0.440. The maximum atomic E-state index is 7.35. The number of ether oxygens (including phenoxy) is 7. The number of fused-ring (bicyclic) bond motifs is 4. The first kappa shape index (κ1) is 34.1. The predicted molar refractivity (Wildman–Crippen MR) is 175 cm³/mol. The first-order chi connectivity index (χ1) is 23.9. The van der Waals surface area contributed by atoms with Crippen LogP contribution in [0.4, 0.5) is 0 Å². The Morgan fingerprint density at radius 2 is 1.06 bits per heavy atom. The Balaban J connectivity index is 0.975. The largest absolute Gasteiger partial charge is 0.381 e. The second-order valence-corrected chi connectivity index (χ2v) is 18.9. The molecule has 0 aromatic heterocycles. The van der Waals surface area contributed by atoms with Crippen LogP contribution in [0.15, 0.2) is 0 Å². The van der Waals surface area contributed by atoms with Crippen LogP contribution in [-0.2, 0) is 52.7 Å². The van der Waals surface area contributed by atoms with Crippen molar-refractivity contribution in [3.63, 3.8) is 0 Å². The van der Waals surface area contributed by atoms with Gasteiger partial charge in [-0.05, 0) is 87.9 Å². The lowest BCUT2D eigenvalue weighted by Gasteiger charge is -2.61. The predicted octanol–water partition coefficient (Wildman–Crippen LogP) is 6.56. The molecular weight excluding hydrogens is 644 g/mol. The van der Waals surface area contributed by atoms with E-state index in [-0.39, 0.29) is 35.9 Å². The summed E-state index contributed by atoms with van der Waals surface area (Å²) in [5.41, 5.74) is -1.81. The van der Waals surface area contributed by atoms with Gasteiger partial charge < -0.3 is 33.2 Å². The summed E-state index contributed by atoms with van der Waals surface area (Å²) in [7, 11) is 0. The minimum atomic E-state index is -0.809. The van der Waals surface area contributed by atoms with Crippen LogP contribution in [-0.4, -0.2) is 78.8 Å². The number of hydrogen-bond acceptors (Lipinski definition) is 11. The molecule has 4 bridgehead atoms. The van der Waals surface area contributed by atoms with E-state index >= 15 is 0 Å². The molecule has 16 atom stereocenters. The highest BCUT2D eigenvalue weighted by Crippen LogP contribution is 2.64. The summed E-state index contributed by atoms with van der Waals surface area (Å²) in [6.07, 6.45) is 9.75. The van der Waals surface area contributed by atoms with Gasteiger partial charge in [0.15, 0.2) is 29.6 Å². The second kappa shape index (κ2) is 11.5. The van der Waals surface area contributed by atoms with Gasteiger partial charge in [0.1, 0.15) is 0 Å². The van der Waals surface area contributed by atoms with Crippen molar-refractivity contribution in [1.82, 2.24) is 0 Å². The first-order valence-corrected chi connectivity index (χ1v) is 20.2. The summed E-state index contributed by atoms with van der Waals surface area (Å²) in [5.74, 6) is 0.366. The quantitative estimate of drug-likeness (QED) is 0.298. The van der Waals surface area contributed by atoms with E-state index in [1.165, 1.54) is 12.8 Å². The van der Waals surface area contributed by atoms with Crippen molar-refractivity contribution < 1.29 is 52.7 Å². The molecule has 282 valence electrons. The van der Waals surface area contributed by atoms with Gasteiger partial charge in [0.05, 0.1) is 37.6 Å². The Labute approximate surface area is 297 Å². The molecule has 50 heavy (non-hydrogen) atoms. The third-order valence-electron chi connectivity index (χ3n) is 16.0. The van der Waals surface area contributed by atoms with E-state index in [0.717, 1.165) is 51.4 Å². The highest BCUT2D eigenvalue weighted by Gasteiger charge is 2.72. The summed E-state index contributed by atoms with van der Waals surface area (Å²) >= 11 is 0. The highest BCUT2D eigenvalue weighted by atomic mass is 17.3. The normalized spacial score (nSPS) is 59.4. The van der Waals surface area contributed by atoms with E-state index < -0.39 is 46.7 Å². The van der Waals surface area contributed by atoms with E-state index in [1.54, 1.807) is 0 Å². The third kappa shape index (κ3) is 4.80. The van der Waals surface area contributed by atoms with Crippen molar-refractivity contribution >= 4 is 0 Å². The van der Waals surface area contributed by atoms with Crippen molar-refractivity contribution in [3.8, 4) is 0 Å². The fourth-order valence-electron chi connectivity index (χ4n) is 13.1. The minimum absolute atomic E-state index is 0.110. The minimum Gasteiger partial charge on any atom is -0.381 e. The summed E-state index contributed by atoms with van der Waals surface area (Å²) in [4.78, 5) is 25.2. The lowest BCUT2D eigenvalue weighted by molar-refractivity contribution is -0.572. The molecule has 10 saturated heterocycles. The summed E-state index contributed by atoms with van der Waals surface area (Å²) in [6.45, 7) is 15.2. The molecule has 0 N–H and O–H groups in total. The van der Waals surface area contributed by atoms with Gasteiger partial charge in [-0.3, -0.25) is 0 Å². The van der Waals surface area contributed by atoms with Gasteiger partial charge in [-0.25, -0.2) is 19.6 Å². The molecule has 11 heteroatoms. The fraction of sp³-hybridized carbons (Fsp3) is 1.00. The Morgan fingerprint density at radius 1 is 0.560 bits per heavy atom. The molecule has 10 aliphatic heterocycles. The van der Waals surface area contributed by atoms with E-state index in [0.29, 0.717) is 56.3 Å². The average molecular weight is 705 g/mol. The monoisotopic (exact) mass is 704 g/mol. The van der Waals surface area contributed by atoms with Crippen molar-refractivity contribution in [2.24, 2.45) is 47.3 Å². The summed E-state index contributed by atoms with van der Waals surface area (Å²) in [6, 6.07) is 0. The summed E-state index contributed by atoms with van der Waals surface area (Å²) in [5, 5.41) is 0. The zero-order chi connectivity index (χ0) is 34.3. The molecule has 0 radical (unpaired) electrons. The van der Waals surface area contributed by atoms with Gasteiger partial charge in [0.2, 0.25) is 11.6 Å². The highest BCUT2D eigenvalue weighted by molar-refractivity contribution is 5.13. The maximum Gasteiger partial charge on any atom is 0.201 e. The van der Waals surface area contributed by atoms with Crippen molar-refractivity contribution in [1.29, 1.82) is 0 Å². The van der Waals surface area contributed by atoms with Crippen molar-refractivity contribution in [2.75, 3.05) is 19.8 Å². The van der Waals surface area contributed by atoms with Gasteiger partial charge in [-0.1, -0.05) is 27.7 Å².